The average molecular weight is 279 g/mol. The first-order valence-electron chi connectivity index (χ1n) is 0. The van der Waals surface area contributed by atoms with Crippen LogP contribution in [0.3, 0.4) is 0 Å². The Morgan fingerprint density at radius 1 is 0.571 bits per heavy atom. The van der Waals surface area contributed by atoms with E-state index in [0.717, 1.165) is 0 Å². The van der Waals surface area contributed by atoms with Crippen molar-refractivity contribution in [1.82, 2.24) is 0 Å². The van der Waals surface area contributed by atoms with Gasteiger partial charge in [-0.15, -0.1) is 0 Å². The first-order chi connectivity index (χ1) is 0. The zero-order valence-electron chi connectivity index (χ0n) is 3.79. The summed E-state index contributed by atoms with van der Waals surface area (Å²) in [6.45, 7) is 0. The van der Waals surface area contributed by atoms with Gasteiger partial charge in [0.15, 0.2) is 0 Å². The molecule has 0 amide bonds. The van der Waals surface area contributed by atoms with Gasteiger partial charge in [-0.3, -0.25) is 0 Å². The Labute approximate surface area is 113 Å². The van der Waals surface area contributed by atoms with Gasteiger partial charge in [0.25, 0.3) is 0 Å². The Bertz CT molecular complexity index is 11.7. The number of hydrogen-bond donors (Lipinski definition) is 0. The fraction of sp³-hybridized carbons (Fsp3) is 0. The smallest absolute Gasteiger partial charge is 0.870 e. The molecule has 37 valence electrons. The first kappa shape index (κ1) is 92.2. The molecule has 0 fully saturated rings. The van der Waals surface area contributed by atoms with E-state index in [9.17, 15) is 0 Å². The van der Waals surface area contributed by atoms with Crippen LogP contribution in [0, 0.1) is 41.7 Å². The minimum Gasteiger partial charge on any atom is -0.870 e. The van der Waals surface area contributed by atoms with Crippen molar-refractivity contribution in [2.24, 2.45) is 0 Å². The molecule has 0 unspecified atom stereocenters. The zero-order valence-corrected chi connectivity index (χ0v) is 10.5. The zero-order chi connectivity index (χ0) is 0. The van der Waals surface area contributed by atoms with Crippen molar-refractivity contribution in [3.63, 3.8) is 0 Å². The summed E-state index contributed by atoms with van der Waals surface area (Å²) in [4.78, 5) is 0. The second-order valence-corrected chi connectivity index (χ2v) is 0. The summed E-state index contributed by atoms with van der Waals surface area (Å²) in [5.41, 5.74) is 0. The van der Waals surface area contributed by atoms with E-state index in [1.807, 2.05) is 0 Å². The van der Waals surface area contributed by atoms with Crippen LogP contribution < -0.4 is 29.6 Å². The van der Waals surface area contributed by atoms with E-state index in [1.54, 1.807) is 0 Å². The summed E-state index contributed by atoms with van der Waals surface area (Å²) in [6.07, 6.45) is 0. The molecule has 7 heavy (non-hydrogen) atoms. The monoisotopic (exact) mass is 279 g/mol. The van der Waals surface area contributed by atoms with Crippen molar-refractivity contribution in [2.75, 3.05) is 0 Å². The molecule has 0 aliphatic heterocycles. The standard InChI is InChI=1S/Ce.Na.4H2O.Ti/h;;4*1H2;/q+3;+1;;;;;/p-4. The average Bonchev–Trinajstić information content (AvgIpc) is 0. The maximum absolute atomic E-state index is 0. The van der Waals surface area contributed by atoms with Crippen molar-refractivity contribution in [1.29, 1.82) is 0 Å². The van der Waals surface area contributed by atoms with Crippen molar-refractivity contribution >= 4 is 0 Å². The van der Waals surface area contributed by atoms with Gasteiger partial charge in [0.1, 0.15) is 0 Å². The van der Waals surface area contributed by atoms with E-state index in [1.165, 1.54) is 0 Å². The molecular formula is H4CeNaO4Ti. The minimum atomic E-state index is 0. The molecule has 0 aliphatic carbocycles. The second-order valence-electron chi connectivity index (χ2n) is 0. The van der Waals surface area contributed by atoms with Gasteiger partial charge in [-0.25, -0.2) is 0 Å². The Morgan fingerprint density at radius 2 is 0.571 bits per heavy atom. The van der Waals surface area contributed by atoms with Crippen LogP contribution in [0.1, 0.15) is 0 Å². The van der Waals surface area contributed by atoms with Gasteiger partial charge in [-0.2, -0.15) is 0 Å². The third kappa shape index (κ3) is 49.9. The van der Waals surface area contributed by atoms with Gasteiger partial charge in [0.2, 0.25) is 0 Å². The normalized spacial score (nSPS) is 0. The molecule has 0 aromatic rings. The largest absolute Gasteiger partial charge is 3.00 e. The quantitative estimate of drug-likeness (QED) is 0.423. The van der Waals surface area contributed by atoms with Gasteiger partial charge in [-0.05, 0) is 0 Å². The summed E-state index contributed by atoms with van der Waals surface area (Å²) in [5.74, 6) is 0. The Balaban J connectivity index is 0. The minimum absolute atomic E-state index is 0. The van der Waals surface area contributed by atoms with Crippen LogP contribution in [0.4, 0.5) is 0 Å². The summed E-state index contributed by atoms with van der Waals surface area (Å²) >= 11 is 0. The van der Waals surface area contributed by atoms with Crippen molar-refractivity contribution in [3.05, 3.63) is 0 Å². The molecule has 0 aromatic heterocycles. The molecule has 4 nitrogen and oxygen atoms in total. The molecule has 1 radical (unpaired) electrons. The van der Waals surface area contributed by atoms with Gasteiger partial charge in [0.05, 0.1) is 0 Å². The number of rotatable bonds is 0. The van der Waals surface area contributed by atoms with Crippen LogP contribution in [-0.4, -0.2) is 21.9 Å². The molecule has 0 rings (SSSR count). The molecule has 4 N–H and O–H groups in total. The molecule has 0 aliphatic rings. The van der Waals surface area contributed by atoms with Crippen molar-refractivity contribution < 1.29 is 115 Å². The predicted molar refractivity (Wildman–Crippen MR) is 7.74 cm³/mol. The van der Waals surface area contributed by atoms with Gasteiger partial charge >= 0.3 is 71.3 Å². The maximum Gasteiger partial charge on any atom is 3.00 e. The van der Waals surface area contributed by atoms with E-state index in [4.69, 9.17) is 0 Å². The fourth-order valence-corrected chi connectivity index (χ4v) is 0. The molecule has 0 atom stereocenters. The maximum atomic E-state index is 0. The summed E-state index contributed by atoms with van der Waals surface area (Å²) in [7, 11) is 0. The van der Waals surface area contributed by atoms with E-state index in [2.05, 4.69) is 0 Å². The summed E-state index contributed by atoms with van der Waals surface area (Å²) in [5, 5.41) is 0. The molecule has 0 heterocycles. The van der Waals surface area contributed by atoms with Crippen LogP contribution >= 0.6 is 0 Å². The van der Waals surface area contributed by atoms with Gasteiger partial charge in [-0.1, -0.05) is 0 Å². The third-order valence-electron chi connectivity index (χ3n) is 0. The molecule has 0 spiro atoms. The molecule has 0 saturated heterocycles. The van der Waals surface area contributed by atoms with Gasteiger partial charge < -0.3 is 21.9 Å². The fourth-order valence-electron chi connectivity index (χ4n) is 0. The van der Waals surface area contributed by atoms with E-state index in [0.29, 0.717) is 0 Å². The van der Waals surface area contributed by atoms with Crippen LogP contribution in [-0.2, 0) is 21.7 Å². The SMILES string of the molecule is [Ce+3].[Na+].[OH-].[OH-].[OH-].[OH-].[Ti]. The number of hydrogen-bond acceptors (Lipinski definition) is 4. The molecule has 7 heteroatoms. The summed E-state index contributed by atoms with van der Waals surface area (Å²) < 4.78 is 0. The topological polar surface area (TPSA) is 120 Å². The van der Waals surface area contributed by atoms with Gasteiger partial charge in [0, 0.05) is 21.7 Å². The van der Waals surface area contributed by atoms with E-state index < -0.39 is 0 Å². The van der Waals surface area contributed by atoms with E-state index >= 15 is 0 Å². The van der Waals surface area contributed by atoms with Crippen LogP contribution in [0.25, 0.3) is 0 Å². The molecule has 0 aromatic carbocycles. The first-order valence-corrected chi connectivity index (χ1v) is 0. The van der Waals surface area contributed by atoms with E-state index in [-0.39, 0.29) is 115 Å². The molecular weight excluding hydrogens is 275 g/mol. The molecule has 0 saturated carbocycles. The Morgan fingerprint density at radius 3 is 0.571 bits per heavy atom. The molecule has 0 bridgehead atoms. The Kier molecular flexibility index (Phi) is 861. The Hall–Kier alpha value is 2.93. The van der Waals surface area contributed by atoms with Crippen LogP contribution in [0.5, 0.6) is 0 Å². The van der Waals surface area contributed by atoms with Crippen molar-refractivity contribution in [2.45, 2.75) is 0 Å². The van der Waals surface area contributed by atoms with Crippen LogP contribution in [0.15, 0.2) is 0 Å². The second kappa shape index (κ2) is 65.4. The summed E-state index contributed by atoms with van der Waals surface area (Å²) in [6, 6.07) is 0. The van der Waals surface area contributed by atoms with Crippen LogP contribution in [0.2, 0.25) is 0 Å². The predicted octanol–water partition coefficient (Wildman–Crippen LogP) is -3.71. The van der Waals surface area contributed by atoms with Crippen molar-refractivity contribution in [3.8, 4) is 0 Å². The third-order valence-corrected chi connectivity index (χ3v) is 0.